The first kappa shape index (κ1) is 14.2. The summed E-state index contributed by atoms with van der Waals surface area (Å²) in [5, 5.41) is 4.08. The Kier molecular flexibility index (Phi) is 4.10. The van der Waals surface area contributed by atoms with E-state index >= 15 is 0 Å². The number of hydrogen-bond donors (Lipinski definition) is 0. The monoisotopic (exact) mass is 295 g/mol. The first-order chi connectivity index (χ1) is 10.7. The maximum Gasteiger partial charge on any atom is 0.174 e. The third-order valence-corrected chi connectivity index (χ3v) is 3.35. The zero-order valence-electron chi connectivity index (χ0n) is 12.6. The van der Waals surface area contributed by atoms with E-state index in [4.69, 9.17) is 14.0 Å². The molecule has 112 valence electrons. The van der Waals surface area contributed by atoms with Crippen LogP contribution in [0.25, 0.3) is 11.3 Å². The second-order valence-electron chi connectivity index (χ2n) is 5.01. The number of methoxy groups -OCH3 is 1. The van der Waals surface area contributed by atoms with E-state index in [-0.39, 0.29) is 0 Å². The normalized spacial score (nSPS) is 10.5. The Labute approximate surface area is 129 Å². The highest BCUT2D eigenvalue weighted by Crippen LogP contribution is 2.22. The molecule has 3 aromatic rings. The molecule has 0 saturated heterocycles. The van der Waals surface area contributed by atoms with Gasteiger partial charge in [-0.25, -0.2) is 0 Å². The summed E-state index contributed by atoms with van der Waals surface area (Å²) in [6.07, 6.45) is 0. The maximum absolute atomic E-state index is 5.67. The predicted octanol–water partition coefficient (Wildman–Crippen LogP) is 4.24. The van der Waals surface area contributed by atoms with Crippen molar-refractivity contribution >= 4 is 0 Å². The van der Waals surface area contributed by atoms with Crippen molar-refractivity contribution in [1.82, 2.24) is 5.16 Å². The lowest BCUT2D eigenvalue weighted by Crippen LogP contribution is -1.93. The number of rotatable bonds is 5. The van der Waals surface area contributed by atoms with Gasteiger partial charge in [-0.2, -0.15) is 0 Å². The fourth-order valence-electron chi connectivity index (χ4n) is 2.07. The van der Waals surface area contributed by atoms with Gasteiger partial charge in [-0.1, -0.05) is 35.0 Å². The number of aryl methyl sites for hydroxylation is 1. The van der Waals surface area contributed by atoms with Gasteiger partial charge in [-0.3, -0.25) is 0 Å². The molecule has 22 heavy (non-hydrogen) atoms. The quantitative estimate of drug-likeness (QED) is 0.706. The minimum absolute atomic E-state index is 0.338. The summed E-state index contributed by atoms with van der Waals surface area (Å²) in [5.41, 5.74) is 3.06. The largest absolute Gasteiger partial charge is 0.497 e. The molecule has 0 unspecified atom stereocenters. The molecule has 0 bridgehead atoms. The van der Waals surface area contributed by atoms with Gasteiger partial charge in [0.1, 0.15) is 23.8 Å². The zero-order valence-corrected chi connectivity index (χ0v) is 12.6. The topological polar surface area (TPSA) is 44.5 Å². The Bertz CT molecular complexity index is 730. The van der Waals surface area contributed by atoms with E-state index in [0.29, 0.717) is 12.4 Å². The molecular weight excluding hydrogens is 278 g/mol. The van der Waals surface area contributed by atoms with Crippen LogP contribution in [-0.2, 0) is 6.61 Å². The summed E-state index contributed by atoms with van der Waals surface area (Å²) in [4.78, 5) is 0. The van der Waals surface area contributed by atoms with Crippen LogP contribution in [0.3, 0.4) is 0 Å². The number of ether oxygens (including phenoxy) is 2. The molecule has 4 nitrogen and oxygen atoms in total. The van der Waals surface area contributed by atoms with Gasteiger partial charge in [0, 0.05) is 11.6 Å². The highest BCUT2D eigenvalue weighted by molar-refractivity contribution is 5.59. The highest BCUT2D eigenvalue weighted by atomic mass is 16.5. The molecule has 0 aliphatic rings. The van der Waals surface area contributed by atoms with Crippen molar-refractivity contribution in [2.45, 2.75) is 13.5 Å². The van der Waals surface area contributed by atoms with E-state index in [1.807, 2.05) is 42.5 Å². The number of hydrogen-bond acceptors (Lipinski definition) is 4. The van der Waals surface area contributed by atoms with Crippen molar-refractivity contribution in [3.63, 3.8) is 0 Å². The van der Waals surface area contributed by atoms with Crippen molar-refractivity contribution in [2.75, 3.05) is 7.11 Å². The Balaban J connectivity index is 1.65. The van der Waals surface area contributed by atoms with Crippen LogP contribution in [-0.4, -0.2) is 12.3 Å². The van der Waals surface area contributed by atoms with Crippen LogP contribution in [0.4, 0.5) is 0 Å². The molecule has 0 atom stereocenters. The first-order valence-electron chi connectivity index (χ1n) is 7.04. The van der Waals surface area contributed by atoms with Crippen molar-refractivity contribution in [3.8, 4) is 22.8 Å². The smallest absolute Gasteiger partial charge is 0.174 e. The first-order valence-corrected chi connectivity index (χ1v) is 7.04. The minimum atomic E-state index is 0.338. The van der Waals surface area contributed by atoms with E-state index in [2.05, 4.69) is 24.2 Å². The standard InChI is InChI=1S/C18H17NO3/c1-13-3-5-14(6-4-13)18-11-17(22-19-18)12-21-16-9-7-15(20-2)8-10-16/h3-11H,12H2,1-2H3. The molecule has 0 fully saturated rings. The van der Waals surface area contributed by atoms with E-state index in [1.54, 1.807) is 7.11 Å². The summed E-state index contributed by atoms with van der Waals surface area (Å²) < 4.78 is 16.1. The van der Waals surface area contributed by atoms with Crippen molar-refractivity contribution < 1.29 is 14.0 Å². The lowest BCUT2D eigenvalue weighted by atomic mass is 10.1. The van der Waals surface area contributed by atoms with Gasteiger partial charge in [-0.05, 0) is 31.2 Å². The van der Waals surface area contributed by atoms with Crippen LogP contribution < -0.4 is 9.47 Å². The number of benzene rings is 2. The van der Waals surface area contributed by atoms with Gasteiger partial charge >= 0.3 is 0 Å². The average Bonchev–Trinajstić information content (AvgIpc) is 3.03. The molecule has 0 aliphatic heterocycles. The van der Waals surface area contributed by atoms with Crippen LogP contribution in [0, 0.1) is 6.92 Å². The molecule has 0 saturated carbocycles. The molecule has 0 spiro atoms. The average molecular weight is 295 g/mol. The fourth-order valence-corrected chi connectivity index (χ4v) is 2.07. The maximum atomic E-state index is 5.67. The van der Waals surface area contributed by atoms with Gasteiger partial charge < -0.3 is 14.0 Å². The Hall–Kier alpha value is -2.75. The van der Waals surface area contributed by atoms with Gasteiger partial charge in [0.25, 0.3) is 0 Å². The van der Waals surface area contributed by atoms with Crippen LogP contribution in [0.5, 0.6) is 11.5 Å². The van der Waals surface area contributed by atoms with Crippen molar-refractivity contribution in [3.05, 3.63) is 65.9 Å². The fraction of sp³-hybridized carbons (Fsp3) is 0.167. The minimum Gasteiger partial charge on any atom is -0.497 e. The Morgan fingerprint density at radius 2 is 1.64 bits per heavy atom. The summed E-state index contributed by atoms with van der Waals surface area (Å²) in [7, 11) is 1.64. The predicted molar refractivity (Wildman–Crippen MR) is 84.0 cm³/mol. The molecule has 0 radical (unpaired) electrons. The van der Waals surface area contributed by atoms with Crippen LogP contribution in [0.15, 0.2) is 59.1 Å². The molecule has 1 aromatic heterocycles. The lowest BCUT2D eigenvalue weighted by molar-refractivity contribution is 0.249. The van der Waals surface area contributed by atoms with E-state index < -0.39 is 0 Å². The van der Waals surface area contributed by atoms with E-state index in [0.717, 1.165) is 22.8 Å². The molecule has 0 N–H and O–H groups in total. The molecular formula is C18H17NO3. The zero-order chi connectivity index (χ0) is 15.4. The van der Waals surface area contributed by atoms with E-state index in [1.165, 1.54) is 5.56 Å². The summed E-state index contributed by atoms with van der Waals surface area (Å²) in [5.74, 6) is 2.24. The molecule has 3 rings (SSSR count). The number of aromatic nitrogens is 1. The molecule has 1 heterocycles. The lowest BCUT2D eigenvalue weighted by Gasteiger charge is -2.04. The van der Waals surface area contributed by atoms with Crippen molar-refractivity contribution in [2.24, 2.45) is 0 Å². The summed E-state index contributed by atoms with van der Waals surface area (Å²) >= 11 is 0. The van der Waals surface area contributed by atoms with Gasteiger partial charge in [-0.15, -0.1) is 0 Å². The molecule has 4 heteroatoms. The summed E-state index contributed by atoms with van der Waals surface area (Å²) in [6.45, 7) is 2.39. The van der Waals surface area contributed by atoms with Crippen molar-refractivity contribution in [1.29, 1.82) is 0 Å². The molecule has 0 aliphatic carbocycles. The Morgan fingerprint density at radius 1 is 0.955 bits per heavy atom. The second-order valence-corrected chi connectivity index (χ2v) is 5.01. The second kappa shape index (κ2) is 6.35. The third kappa shape index (κ3) is 3.28. The van der Waals surface area contributed by atoms with Gasteiger partial charge in [0.15, 0.2) is 5.76 Å². The van der Waals surface area contributed by atoms with Gasteiger partial charge in [0.2, 0.25) is 0 Å². The molecule has 0 amide bonds. The molecule has 2 aromatic carbocycles. The highest BCUT2D eigenvalue weighted by Gasteiger charge is 2.07. The van der Waals surface area contributed by atoms with Crippen LogP contribution in [0.2, 0.25) is 0 Å². The Morgan fingerprint density at radius 3 is 2.32 bits per heavy atom. The SMILES string of the molecule is COc1ccc(OCc2cc(-c3ccc(C)cc3)no2)cc1. The van der Waals surface area contributed by atoms with Crippen LogP contribution in [0.1, 0.15) is 11.3 Å². The van der Waals surface area contributed by atoms with E-state index in [9.17, 15) is 0 Å². The van der Waals surface area contributed by atoms with Gasteiger partial charge in [0.05, 0.1) is 7.11 Å². The number of nitrogens with zero attached hydrogens (tertiary/aromatic N) is 1. The van der Waals surface area contributed by atoms with Crippen LogP contribution >= 0.6 is 0 Å². The third-order valence-electron chi connectivity index (χ3n) is 3.35. The summed E-state index contributed by atoms with van der Waals surface area (Å²) in [6, 6.07) is 17.5.